The van der Waals surface area contributed by atoms with Crippen LogP contribution < -0.4 is 11.4 Å². The Kier molecular flexibility index (Phi) is 3.30. The van der Waals surface area contributed by atoms with E-state index < -0.39 is 0 Å². The van der Waals surface area contributed by atoms with Gasteiger partial charge in [-0.1, -0.05) is 73.5 Å². The number of fused-ring (bicyclic) bond motifs is 5. The van der Waals surface area contributed by atoms with Gasteiger partial charge >= 0.3 is 11.4 Å². The van der Waals surface area contributed by atoms with Crippen molar-refractivity contribution in [3.63, 3.8) is 0 Å². The Morgan fingerprint density at radius 2 is 1.19 bits per heavy atom. The highest BCUT2D eigenvalue weighted by molar-refractivity contribution is 6.24. The Labute approximate surface area is 177 Å². The molecule has 1 aromatic heterocycles. The standard InChI is InChI=1S/C26H21N3O2/c30-25-27(26(31)29-20-7-2-1-6-19(12-13-20)28(25)29)22-15-11-18-9-8-16-4-3-5-17-10-14-21(22)24(18)23(16)17/h3-5,8-15,19-20H,1-2,6-7H2/t19-,20+. The molecule has 0 saturated heterocycles. The lowest BCUT2D eigenvalue weighted by Gasteiger charge is -2.29. The Balaban J connectivity index is 1.60. The third-order valence-corrected chi connectivity index (χ3v) is 7.19. The molecule has 0 saturated carbocycles. The molecule has 5 nitrogen and oxygen atoms in total. The lowest BCUT2D eigenvalue weighted by molar-refractivity contribution is 0.289. The summed E-state index contributed by atoms with van der Waals surface area (Å²) in [4.78, 5) is 27.2. The average molecular weight is 407 g/mol. The van der Waals surface area contributed by atoms with Crippen LogP contribution in [0.4, 0.5) is 0 Å². The van der Waals surface area contributed by atoms with Crippen molar-refractivity contribution in [3.8, 4) is 5.69 Å². The Morgan fingerprint density at radius 1 is 0.645 bits per heavy atom. The van der Waals surface area contributed by atoms with Gasteiger partial charge in [-0.15, -0.1) is 0 Å². The molecule has 0 N–H and O–H groups in total. The van der Waals surface area contributed by atoms with Gasteiger partial charge in [0, 0.05) is 5.39 Å². The topological polar surface area (TPSA) is 48.9 Å². The molecule has 7 rings (SSSR count). The van der Waals surface area contributed by atoms with Crippen molar-refractivity contribution in [1.29, 1.82) is 0 Å². The summed E-state index contributed by atoms with van der Waals surface area (Å²) in [5.74, 6) is 0. The third-order valence-electron chi connectivity index (χ3n) is 7.19. The van der Waals surface area contributed by atoms with E-state index in [1.807, 2.05) is 12.1 Å². The summed E-state index contributed by atoms with van der Waals surface area (Å²) in [7, 11) is 0. The maximum atomic E-state index is 13.6. The average Bonchev–Trinajstić information content (AvgIpc) is 3.03. The third kappa shape index (κ3) is 2.16. The summed E-state index contributed by atoms with van der Waals surface area (Å²) in [5.41, 5.74) is 0.203. The van der Waals surface area contributed by atoms with E-state index in [2.05, 4.69) is 54.6 Å². The second-order valence-corrected chi connectivity index (χ2v) is 8.83. The highest BCUT2D eigenvalue weighted by Gasteiger charge is 2.31. The number of allylic oxidation sites excluding steroid dienone is 2. The predicted molar refractivity (Wildman–Crippen MR) is 124 cm³/mol. The van der Waals surface area contributed by atoms with Crippen molar-refractivity contribution in [2.45, 2.75) is 37.8 Å². The predicted octanol–water partition coefficient (Wildman–Crippen LogP) is 4.92. The van der Waals surface area contributed by atoms with Crippen LogP contribution in [0.1, 0.15) is 37.8 Å². The van der Waals surface area contributed by atoms with Crippen molar-refractivity contribution in [3.05, 3.63) is 87.7 Å². The Hall–Kier alpha value is -3.60. The second-order valence-electron chi connectivity index (χ2n) is 8.83. The first-order valence-electron chi connectivity index (χ1n) is 11.0. The molecular weight excluding hydrogens is 386 g/mol. The van der Waals surface area contributed by atoms with Crippen LogP contribution in [0.2, 0.25) is 0 Å². The molecule has 4 aromatic carbocycles. The van der Waals surface area contributed by atoms with E-state index in [0.717, 1.165) is 41.8 Å². The maximum Gasteiger partial charge on any atom is 0.352 e. The lowest BCUT2D eigenvalue weighted by Crippen LogP contribution is -2.36. The van der Waals surface area contributed by atoms with E-state index in [9.17, 15) is 9.59 Å². The van der Waals surface area contributed by atoms with Crippen LogP contribution in [-0.2, 0) is 0 Å². The van der Waals surface area contributed by atoms with Crippen LogP contribution in [-0.4, -0.2) is 13.9 Å². The Morgan fingerprint density at radius 3 is 1.84 bits per heavy atom. The fourth-order valence-electron chi connectivity index (χ4n) is 5.76. The van der Waals surface area contributed by atoms with Crippen LogP contribution in [0.15, 0.2) is 76.3 Å². The first-order chi connectivity index (χ1) is 15.2. The Bertz CT molecular complexity index is 1590. The number of aromatic nitrogens is 3. The minimum Gasteiger partial charge on any atom is -0.245 e. The zero-order valence-electron chi connectivity index (χ0n) is 17.0. The first kappa shape index (κ1) is 17.1. The second kappa shape index (κ2) is 5.97. The zero-order valence-corrected chi connectivity index (χ0v) is 17.0. The van der Waals surface area contributed by atoms with Crippen LogP contribution in [0, 0.1) is 0 Å². The summed E-state index contributed by atoms with van der Waals surface area (Å²) in [6.45, 7) is 0. The summed E-state index contributed by atoms with van der Waals surface area (Å²) in [6.07, 6.45) is 8.17. The normalized spacial score (nSPS) is 20.5. The van der Waals surface area contributed by atoms with Gasteiger partial charge in [-0.25, -0.2) is 23.5 Å². The van der Waals surface area contributed by atoms with Gasteiger partial charge in [-0.05, 0) is 45.8 Å². The molecule has 5 heteroatoms. The van der Waals surface area contributed by atoms with Gasteiger partial charge in [0.2, 0.25) is 0 Å². The van der Waals surface area contributed by atoms with E-state index in [1.165, 1.54) is 20.7 Å². The van der Waals surface area contributed by atoms with Gasteiger partial charge in [0.1, 0.15) is 0 Å². The van der Waals surface area contributed by atoms with E-state index in [-0.39, 0.29) is 23.5 Å². The molecule has 152 valence electrons. The van der Waals surface area contributed by atoms with Gasteiger partial charge in [0.05, 0.1) is 17.8 Å². The number of benzene rings is 4. The smallest absolute Gasteiger partial charge is 0.245 e. The molecule has 0 fully saturated rings. The van der Waals surface area contributed by atoms with Crippen LogP contribution in [0.3, 0.4) is 0 Å². The fourth-order valence-corrected chi connectivity index (χ4v) is 5.76. The quantitative estimate of drug-likeness (QED) is 0.292. The van der Waals surface area contributed by atoms with Gasteiger partial charge < -0.3 is 0 Å². The van der Waals surface area contributed by atoms with E-state index in [4.69, 9.17) is 0 Å². The van der Waals surface area contributed by atoms with Gasteiger partial charge in [-0.3, -0.25) is 0 Å². The van der Waals surface area contributed by atoms with E-state index in [0.29, 0.717) is 5.69 Å². The molecule has 0 radical (unpaired) electrons. The zero-order chi connectivity index (χ0) is 20.7. The van der Waals surface area contributed by atoms with Gasteiger partial charge in [0.25, 0.3) is 0 Å². The monoisotopic (exact) mass is 407 g/mol. The number of hydrogen-bond acceptors (Lipinski definition) is 2. The van der Waals surface area contributed by atoms with Crippen LogP contribution in [0.25, 0.3) is 38.0 Å². The molecule has 1 aliphatic heterocycles. The molecular formula is C26H21N3O2. The van der Waals surface area contributed by atoms with Crippen LogP contribution in [0.5, 0.6) is 0 Å². The summed E-state index contributed by atoms with van der Waals surface area (Å²) < 4.78 is 4.79. The molecule has 0 spiro atoms. The van der Waals surface area contributed by atoms with E-state index in [1.54, 1.807) is 9.36 Å². The summed E-state index contributed by atoms with van der Waals surface area (Å²) in [5, 5.41) is 6.71. The number of hydrogen-bond donors (Lipinski definition) is 0. The molecule has 2 bridgehead atoms. The molecule has 31 heavy (non-hydrogen) atoms. The molecule has 2 heterocycles. The largest absolute Gasteiger partial charge is 0.352 e. The number of nitrogens with zero attached hydrogens (tertiary/aromatic N) is 3. The highest BCUT2D eigenvalue weighted by atomic mass is 16.2. The van der Waals surface area contributed by atoms with Crippen molar-refractivity contribution < 1.29 is 0 Å². The van der Waals surface area contributed by atoms with E-state index >= 15 is 0 Å². The van der Waals surface area contributed by atoms with Gasteiger partial charge in [-0.2, -0.15) is 0 Å². The molecule has 0 amide bonds. The van der Waals surface area contributed by atoms with Crippen molar-refractivity contribution in [2.24, 2.45) is 0 Å². The van der Waals surface area contributed by atoms with Crippen LogP contribution >= 0.6 is 0 Å². The minimum atomic E-state index is -0.235. The van der Waals surface area contributed by atoms with Gasteiger partial charge in [0.15, 0.2) is 0 Å². The summed E-state index contributed by atoms with van der Waals surface area (Å²) in [6, 6.07) is 18.6. The molecule has 5 aromatic rings. The maximum absolute atomic E-state index is 13.6. The summed E-state index contributed by atoms with van der Waals surface area (Å²) >= 11 is 0. The minimum absolute atomic E-state index is 0.0437. The molecule has 0 unspecified atom stereocenters. The molecule has 1 aliphatic carbocycles. The van der Waals surface area contributed by atoms with Crippen molar-refractivity contribution in [2.75, 3.05) is 0 Å². The lowest BCUT2D eigenvalue weighted by atomic mass is 9.93. The fraction of sp³-hybridized carbons (Fsp3) is 0.231. The number of rotatable bonds is 1. The van der Waals surface area contributed by atoms with Crippen molar-refractivity contribution in [1.82, 2.24) is 13.9 Å². The first-order valence-corrected chi connectivity index (χ1v) is 11.0. The SMILES string of the molecule is O=c1n(-c2ccc3ccc4cccc5ccc2c3c45)c(=O)n2n1[C@@H]1C=C[C@H]2CCCC1. The molecule has 2 aliphatic rings. The highest BCUT2D eigenvalue weighted by Crippen LogP contribution is 2.37. The molecule has 2 atom stereocenters. The van der Waals surface area contributed by atoms with Crippen molar-refractivity contribution >= 4 is 32.3 Å².